The van der Waals surface area contributed by atoms with E-state index >= 15 is 0 Å². The lowest BCUT2D eigenvalue weighted by Gasteiger charge is -3.00. The molecule has 5 aliphatic rings. The van der Waals surface area contributed by atoms with E-state index in [-0.39, 0.29) is 0 Å². The van der Waals surface area contributed by atoms with Crippen LogP contribution in [0.4, 0.5) is 0 Å². The first kappa shape index (κ1) is 8.14. The monoisotopic (exact) mass is 202 g/mol. The zero-order valence-electron chi connectivity index (χ0n) is 10.2. The molecule has 0 heteroatoms. The SMILES string of the molecule is CC1CC2C3C4CCC45C(C)CC35C12C. The van der Waals surface area contributed by atoms with Crippen molar-refractivity contribution in [3.05, 3.63) is 0 Å². The lowest BCUT2D eigenvalue weighted by atomic mass is 9.04. The fourth-order valence-corrected chi connectivity index (χ4v) is 8.12. The third-order valence-electron chi connectivity index (χ3n) is 8.67. The van der Waals surface area contributed by atoms with Gasteiger partial charge in [0.2, 0.25) is 0 Å². The molecule has 5 rings (SSSR count). The van der Waals surface area contributed by atoms with Crippen molar-refractivity contribution in [3.8, 4) is 0 Å². The highest BCUT2D eigenvalue weighted by molar-refractivity contribution is 5.43. The van der Waals surface area contributed by atoms with Gasteiger partial charge in [-0.3, -0.25) is 0 Å². The molecule has 0 aromatic heterocycles. The molecule has 0 bridgehead atoms. The van der Waals surface area contributed by atoms with Crippen LogP contribution >= 0.6 is 0 Å². The smallest absolute Gasteiger partial charge is 0.0140 e. The molecule has 2 spiro atoms. The van der Waals surface area contributed by atoms with E-state index in [1.165, 1.54) is 17.8 Å². The summed E-state index contributed by atoms with van der Waals surface area (Å²) in [5, 5.41) is 0. The molecule has 0 radical (unpaired) electrons. The van der Waals surface area contributed by atoms with Gasteiger partial charge in [-0.05, 0) is 71.5 Å². The van der Waals surface area contributed by atoms with Gasteiger partial charge in [-0.1, -0.05) is 20.8 Å². The highest BCUT2D eigenvalue weighted by atomic mass is 15.0. The van der Waals surface area contributed by atoms with Crippen molar-refractivity contribution < 1.29 is 0 Å². The number of hydrogen-bond donors (Lipinski definition) is 0. The highest BCUT2D eigenvalue weighted by Gasteiger charge is 2.96. The number of hydrogen-bond acceptors (Lipinski definition) is 0. The molecule has 8 atom stereocenters. The molecule has 0 aromatic rings. The zero-order valence-corrected chi connectivity index (χ0v) is 10.2. The van der Waals surface area contributed by atoms with Gasteiger partial charge >= 0.3 is 0 Å². The molecule has 5 fully saturated rings. The average molecular weight is 202 g/mol. The van der Waals surface area contributed by atoms with E-state index in [0.29, 0.717) is 0 Å². The van der Waals surface area contributed by atoms with Crippen molar-refractivity contribution in [2.75, 3.05) is 0 Å². The van der Waals surface area contributed by atoms with Crippen LogP contribution in [0.25, 0.3) is 0 Å². The predicted octanol–water partition coefficient (Wildman–Crippen LogP) is 3.71. The Bertz CT molecular complexity index is 369. The molecule has 0 aliphatic heterocycles. The Morgan fingerprint density at radius 3 is 2.40 bits per heavy atom. The zero-order chi connectivity index (χ0) is 10.2. The van der Waals surface area contributed by atoms with Crippen LogP contribution in [-0.4, -0.2) is 0 Å². The summed E-state index contributed by atoms with van der Waals surface area (Å²) in [7, 11) is 0. The van der Waals surface area contributed by atoms with Crippen molar-refractivity contribution in [3.63, 3.8) is 0 Å². The Kier molecular flexibility index (Phi) is 0.938. The van der Waals surface area contributed by atoms with Crippen LogP contribution in [0.5, 0.6) is 0 Å². The molecule has 82 valence electrons. The van der Waals surface area contributed by atoms with E-state index in [9.17, 15) is 0 Å². The average Bonchev–Trinajstić information content (AvgIpc) is 2.16. The van der Waals surface area contributed by atoms with Gasteiger partial charge in [0.05, 0.1) is 0 Å². The molecular formula is C15H22. The molecular weight excluding hydrogens is 180 g/mol. The normalized spacial score (nSPS) is 81.4. The van der Waals surface area contributed by atoms with E-state index in [1.54, 1.807) is 25.7 Å². The predicted molar refractivity (Wildman–Crippen MR) is 60.2 cm³/mol. The standard InChI is InChI=1S/C15H22/c1-8-6-11-12-10-4-5-14(10)9(2)7-15(12,14)13(8,11)3/h8-12H,4-7H2,1-3H3. The topological polar surface area (TPSA) is 0 Å². The molecule has 5 saturated carbocycles. The summed E-state index contributed by atoms with van der Waals surface area (Å²) < 4.78 is 0. The molecule has 0 heterocycles. The van der Waals surface area contributed by atoms with Gasteiger partial charge in [-0.25, -0.2) is 0 Å². The van der Waals surface area contributed by atoms with Gasteiger partial charge in [0.15, 0.2) is 0 Å². The van der Waals surface area contributed by atoms with Crippen LogP contribution in [0.3, 0.4) is 0 Å². The van der Waals surface area contributed by atoms with Crippen molar-refractivity contribution >= 4 is 0 Å². The minimum absolute atomic E-state index is 0.807. The largest absolute Gasteiger partial charge is 0.0619 e. The maximum atomic E-state index is 2.66. The first-order chi connectivity index (χ1) is 7.10. The molecule has 0 N–H and O–H groups in total. The molecule has 5 aliphatic carbocycles. The highest BCUT2D eigenvalue weighted by Crippen LogP contribution is 3.01. The minimum Gasteiger partial charge on any atom is -0.0619 e. The van der Waals surface area contributed by atoms with Gasteiger partial charge in [0.1, 0.15) is 0 Å². The molecule has 15 heavy (non-hydrogen) atoms. The molecule has 0 nitrogen and oxygen atoms in total. The van der Waals surface area contributed by atoms with Crippen molar-refractivity contribution in [2.24, 2.45) is 45.8 Å². The fraction of sp³-hybridized carbons (Fsp3) is 1.00. The maximum Gasteiger partial charge on any atom is -0.0140 e. The van der Waals surface area contributed by atoms with E-state index in [2.05, 4.69) is 20.8 Å². The van der Waals surface area contributed by atoms with Crippen LogP contribution in [0.2, 0.25) is 0 Å². The second-order valence-corrected chi connectivity index (χ2v) is 7.81. The van der Waals surface area contributed by atoms with E-state index in [4.69, 9.17) is 0 Å². The summed E-state index contributed by atoms with van der Waals surface area (Å²) in [4.78, 5) is 0. The van der Waals surface area contributed by atoms with Crippen LogP contribution in [0, 0.1) is 45.8 Å². The first-order valence-electron chi connectivity index (χ1n) is 7.10. The fourth-order valence-electron chi connectivity index (χ4n) is 8.12. The van der Waals surface area contributed by atoms with Gasteiger partial charge in [-0.2, -0.15) is 0 Å². The van der Waals surface area contributed by atoms with E-state index < -0.39 is 0 Å². The Balaban J connectivity index is 1.67. The minimum atomic E-state index is 0.807. The van der Waals surface area contributed by atoms with Gasteiger partial charge < -0.3 is 0 Å². The summed E-state index contributed by atoms with van der Waals surface area (Å²) in [6, 6.07) is 0. The van der Waals surface area contributed by atoms with Crippen LogP contribution < -0.4 is 0 Å². The van der Waals surface area contributed by atoms with Gasteiger partial charge in [0, 0.05) is 0 Å². The molecule has 8 unspecified atom stereocenters. The third kappa shape index (κ3) is 0.400. The Labute approximate surface area is 92.8 Å². The second-order valence-electron chi connectivity index (χ2n) is 7.81. The molecule has 0 amide bonds. The van der Waals surface area contributed by atoms with Gasteiger partial charge in [-0.15, -0.1) is 0 Å². The quantitative estimate of drug-likeness (QED) is 0.561. The summed E-state index contributed by atoms with van der Waals surface area (Å²) in [6.45, 7) is 7.74. The maximum absolute atomic E-state index is 2.66. The van der Waals surface area contributed by atoms with Gasteiger partial charge in [0.25, 0.3) is 0 Å². The van der Waals surface area contributed by atoms with Crippen LogP contribution in [-0.2, 0) is 0 Å². The lowest BCUT2D eigenvalue weighted by molar-refractivity contribution is -0.532. The van der Waals surface area contributed by atoms with Crippen LogP contribution in [0.1, 0.15) is 46.5 Å². The molecule has 0 aromatic carbocycles. The van der Waals surface area contributed by atoms with Crippen LogP contribution in [0.15, 0.2) is 0 Å². The van der Waals surface area contributed by atoms with Crippen molar-refractivity contribution in [1.82, 2.24) is 0 Å². The first-order valence-corrected chi connectivity index (χ1v) is 7.10. The number of fused-ring (bicyclic) bond motifs is 3. The Morgan fingerprint density at radius 2 is 1.87 bits per heavy atom. The Morgan fingerprint density at radius 1 is 1.07 bits per heavy atom. The molecule has 0 saturated heterocycles. The lowest BCUT2D eigenvalue weighted by Crippen LogP contribution is -2.95. The Hall–Kier alpha value is 0. The summed E-state index contributed by atoms with van der Waals surface area (Å²) in [6.07, 6.45) is 6.37. The van der Waals surface area contributed by atoms with E-state index in [0.717, 1.165) is 28.1 Å². The van der Waals surface area contributed by atoms with Crippen molar-refractivity contribution in [1.29, 1.82) is 0 Å². The summed E-state index contributed by atoms with van der Waals surface area (Å²) in [5.41, 5.74) is 2.60. The second kappa shape index (κ2) is 1.73. The van der Waals surface area contributed by atoms with Crippen molar-refractivity contribution in [2.45, 2.75) is 46.5 Å². The van der Waals surface area contributed by atoms with E-state index in [1.807, 2.05) is 0 Å². The summed E-state index contributed by atoms with van der Waals surface area (Å²) in [5.74, 6) is 5.71. The number of rotatable bonds is 0. The summed E-state index contributed by atoms with van der Waals surface area (Å²) >= 11 is 0. The third-order valence-corrected chi connectivity index (χ3v) is 8.67.